The molecule has 0 radical (unpaired) electrons. The molecular formula is C10H20N2O4. The predicted octanol–water partition coefficient (Wildman–Crippen LogP) is -0.408. The topological polar surface area (TPSA) is 87.7 Å². The molecule has 6 heteroatoms. The second kappa shape index (κ2) is 9.11. The first-order valence-corrected chi connectivity index (χ1v) is 5.26. The van der Waals surface area contributed by atoms with Gasteiger partial charge in [0.2, 0.25) is 5.91 Å². The van der Waals surface area contributed by atoms with E-state index in [1.54, 1.807) is 0 Å². The number of nitrogens with one attached hydrogen (secondary N) is 2. The molecule has 6 nitrogen and oxygen atoms in total. The summed E-state index contributed by atoms with van der Waals surface area (Å²) in [6, 6.07) is 0. The summed E-state index contributed by atoms with van der Waals surface area (Å²) in [5, 5.41) is 14.1. The van der Waals surface area contributed by atoms with Crippen molar-refractivity contribution >= 4 is 11.9 Å². The van der Waals surface area contributed by atoms with Crippen molar-refractivity contribution in [1.82, 2.24) is 10.6 Å². The molecule has 0 spiro atoms. The Morgan fingerprint density at radius 1 is 1.44 bits per heavy atom. The Morgan fingerprint density at radius 3 is 2.62 bits per heavy atom. The van der Waals surface area contributed by atoms with Crippen LogP contribution in [0.5, 0.6) is 0 Å². The minimum absolute atomic E-state index is 0.0808. The van der Waals surface area contributed by atoms with E-state index in [2.05, 4.69) is 10.6 Å². The number of aliphatic carboxylic acids is 1. The normalized spacial score (nSPS) is 12.1. The number of ether oxygens (including phenoxy) is 1. The van der Waals surface area contributed by atoms with Crippen molar-refractivity contribution in [2.24, 2.45) is 0 Å². The molecule has 3 N–H and O–H groups in total. The summed E-state index contributed by atoms with van der Waals surface area (Å²) < 4.78 is 4.93. The molecule has 0 aromatic carbocycles. The molecule has 0 rings (SSSR count). The minimum Gasteiger partial charge on any atom is -0.481 e. The maximum Gasteiger partial charge on any atom is 0.306 e. The third-order valence-electron chi connectivity index (χ3n) is 2.09. The van der Waals surface area contributed by atoms with Gasteiger partial charge in [-0.05, 0) is 20.0 Å². The molecule has 94 valence electrons. The number of carbonyl (C=O) groups excluding carboxylic acids is 1. The molecule has 0 saturated carbocycles. The molecule has 16 heavy (non-hydrogen) atoms. The lowest BCUT2D eigenvalue weighted by atomic mass is 10.2. The molecule has 0 aliphatic heterocycles. The van der Waals surface area contributed by atoms with Gasteiger partial charge in [-0.2, -0.15) is 0 Å². The average molecular weight is 232 g/mol. The molecule has 0 fully saturated rings. The molecular weight excluding hydrogens is 212 g/mol. The monoisotopic (exact) mass is 232 g/mol. The molecule has 0 saturated heterocycles. The minimum atomic E-state index is -0.934. The van der Waals surface area contributed by atoms with Crippen molar-refractivity contribution in [3.05, 3.63) is 0 Å². The zero-order valence-electron chi connectivity index (χ0n) is 9.78. The summed E-state index contributed by atoms with van der Waals surface area (Å²) in [5.74, 6) is -1.01. The number of carboxylic acids is 1. The van der Waals surface area contributed by atoms with Gasteiger partial charge in [0.05, 0.1) is 12.5 Å². The molecule has 0 aliphatic carbocycles. The van der Waals surface area contributed by atoms with E-state index in [0.717, 1.165) is 13.0 Å². The highest BCUT2D eigenvalue weighted by molar-refractivity contribution is 5.76. The molecule has 0 bridgehead atoms. The standard InChI is InChI=1S/C10H20N2O4/c1-11-5-3-4-9(13)12-7-8(16-2)6-10(14)15/h8,11H,3-7H2,1-2H3,(H,12,13)(H,14,15). The van der Waals surface area contributed by atoms with Crippen molar-refractivity contribution < 1.29 is 19.4 Å². The number of carboxylic acid groups (broad SMARTS) is 1. The summed E-state index contributed by atoms with van der Waals surface area (Å²) >= 11 is 0. The number of hydrogen-bond acceptors (Lipinski definition) is 4. The van der Waals surface area contributed by atoms with Gasteiger partial charge in [-0.3, -0.25) is 9.59 Å². The zero-order valence-corrected chi connectivity index (χ0v) is 9.78. The lowest BCUT2D eigenvalue weighted by molar-refractivity contribution is -0.140. The van der Waals surface area contributed by atoms with E-state index < -0.39 is 12.1 Å². The maximum absolute atomic E-state index is 11.3. The van der Waals surface area contributed by atoms with Crippen LogP contribution in [0.1, 0.15) is 19.3 Å². The lowest BCUT2D eigenvalue weighted by Gasteiger charge is -2.13. The average Bonchev–Trinajstić information content (AvgIpc) is 2.24. The highest BCUT2D eigenvalue weighted by atomic mass is 16.5. The first-order chi connectivity index (χ1) is 7.60. The highest BCUT2D eigenvalue weighted by Gasteiger charge is 2.13. The van der Waals surface area contributed by atoms with Crippen LogP contribution in [0, 0.1) is 0 Å². The van der Waals surface area contributed by atoms with E-state index in [-0.39, 0.29) is 18.9 Å². The van der Waals surface area contributed by atoms with Gasteiger partial charge in [-0.1, -0.05) is 0 Å². The fraction of sp³-hybridized carbons (Fsp3) is 0.800. The summed E-state index contributed by atoms with van der Waals surface area (Å²) in [5.41, 5.74) is 0. The highest BCUT2D eigenvalue weighted by Crippen LogP contribution is 1.96. The summed E-state index contributed by atoms with van der Waals surface area (Å²) in [7, 11) is 3.26. The van der Waals surface area contributed by atoms with Crippen LogP contribution in [-0.4, -0.2) is 50.3 Å². The summed E-state index contributed by atoms with van der Waals surface area (Å²) in [4.78, 5) is 21.7. The molecule has 1 amide bonds. The Labute approximate surface area is 95.4 Å². The third kappa shape index (κ3) is 8.19. The molecule has 1 atom stereocenters. The molecule has 1 unspecified atom stereocenters. The SMILES string of the molecule is CNCCCC(=O)NCC(CC(=O)O)OC. The third-order valence-corrected chi connectivity index (χ3v) is 2.09. The maximum atomic E-state index is 11.3. The van der Waals surface area contributed by atoms with Crippen LogP contribution in [0.4, 0.5) is 0 Å². The van der Waals surface area contributed by atoms with Crippen molar-refractivity contribution in [3.63, 3.8) is 0 Å². The fourth-order valence-electron chi connectivity index (χ4n) is 1.18. The van der Waals surface area contributed by atoms with Crippen LogP contribution in [0.2, 0.25) is 0 Å². The van der Waals surface area contributed by atoms with Gasteiger partial charge in [0.25, 0.3) is 0 Å². The van der Waals surface area contributed by atoms with Crippen LogP contribution in [-0.2, 0) is 14.3 Å². The molecule has 0 heterocycles. The molecule has 0 aliphatic rings. The van der Waals surface area contributed by atoms with Crippen molar-refractivity contribution in [2.45, 2.75) is 25.4 Å². The fourth-order valence-corrected chi connectivity index (χ4v) is 1.18. The van der Waals surface area contributed by atoms with E-state index in [4.69, 9.17) is 9.84 Å². The summed E-state index contributed by atoms with van der Waals surface area (Å²) in [6.45, 7) is 1.03. The van der Waals surface area contributed by atoms with Crippen molar-refractivity contribution in [3.8, 4) is 0 Å². The van der Waals surface area contributed by atoms with Gasteiger partial charge in [0.15, 0.2) is 0 Å². The molecule has 0 aromatic heterocycles. The van der Waals surface area contributed by atoms with E-state index in [1.807, 2.05) is 7.05 Å². The number of amides is 1. The first kappa shape index (κ1) is 14.9. The van der Waals surface area contributed by atoms with E-state index in [0.29, 0.717) is 6.42 Å². The van der Waals surface area contributed by atoms with Crippen LogP contribution >= 0.6 is 0 Å². The molecule has 0 aromatic rings. The van der Waals surface area contributed by atoms with Crippen molar-refractivity contribution in [1.29, 1.82) is 0 Å². The Bertz CT molecular complexity index is 221. The number of rotatable bonds is 9. The second-order valence-corrected chi connectivity index (χ2v) is 3.47. The number of carbonyl (C=O) groups is 2. The number of hydrogen-bond donors (Lipinski definition) is 3. The van der Waals surface area contributed by atoms with Crippen LogP contribution in [0.25, 0.3) is 0 Å². The lowest BCUT2D eigenvalue weighted by Crippen LogP contribution is -2.34. The predicted molar refractivity (Wildman–Crippen MR) is 59.2 cm³/mol. The quantitative estimate of drug-likeness (QED) is 0.470. The smallest absolute Gasteiger partial charge is 0.306 e. The van der Waals surface area contributed by atoms with Gasteiger partial charge in [-0.15, -0.1) is 0 Å². The Hall–Kier alpha value is -1.14. The van der Waals surface area contributed by atoms with Crippen LogP contribution < -0.4 is 10.6 Å². The number of methoxy groups -OCH3 is 1. The Kier molecular flexibility index (Phi) is 8.46. The van der Waals surface area contributed by atoms with Crippen LogP contribution in [0.3, 0.4) is 0 Å². The van der Waals surface area contributed by atoms with Crippen LogP contribution in [0.15, 0.2) is 0 Å². The zero-order chi connectivity index (χ0) is 12.4. The van der Waals surface area contributed by atoms with Gasteiger partial charge in [0.1, 0.15) is 0 Å². The van der Waals surface area contributed by atoms with Crippen molar-refractivity contribution in [2.75, 3.05) is 27.2 Å². The van der Waals surface area contributed by atoms with Gasteiger partial charge in [0, 0.05) is 20.1 Å². The Morgan fingerprint density at radius 2 is 2.12 bits per heavy atom. The van der Waals surface area contributed by atoms with Gasteiger partial charge >= 0.3 is 5.97 Å². The second-order valence-electron chi connectivity index (χ2n) is 3.47. The van der Waals surface area contributed by atoms with E-state index in [9.17, 15) is 9.59 Å². The van der Waals surface area contributed by atoms with E-state index >= 15 is 0 Å². The first-order valence-electron chi connectivity index (χ1n) is 5.26. The largest absolute Gasteiger partial charge is 0.481 e. The Balaban J connectivity index is 3.66. The summed E-state index contributed by atoms with van der Waals surface area (Å²) in [6.07, 6.45) is 0.627. The van der Waals surface area contributed by atoms with Gasteiger partial charge in [-0.25, -0.2) is 0 Å². The van der Waals surface area contributed by atoms with Gasteiger partial charge < -0.3 is 20.5 Å². The van der Waals surface area contributed by atoms with E-state index in [1.165, 1.54) is 7.11 Å².